The lowest BCUT2D eigenvalue weighted by atomic mass is 9.81. The van der Waals surface area contributed by atoms with E-state index in [0.717, 1.165) is 40.0 Å². The van der Waals surface area contributed by atoms with Crippen LogP contribution in [0.5, 0.6) is 0 Å². The van der Waals surface area contributed by atoms with Gasteiger partial charge in [0.15, 0.2) is 11.0 Å². The standard InChI is InChI=1S/C31H33N7O3S/c32-30-35-21-14-18(15-22(21)36-30)25(26(39)28-34-20-8-4-5-9-24(20)42-28)37-27(40)23-11-10-19-12-13-31(33,29(41)38(19)23)16-17-6-2-1-3-7-17/h1-9,18-19,23,25H,10-16,33H2,(H,37,40)(H3,32,35,36)/t19-,23+,25+,31-/m1/s1. The molecule has 0 saturated carbocycles. The molecular weight excluding hydrogens is 550 g/mol. The molecule has 6 N–H and O–H groups in total. The molecule has 1 aliphatic carbocycles. The molecule has 2 aromatic carbocycles. The molecule has 2 saturated heterocycles. The van der Waals surface area contributed by atoms with Crippen LogP contribution in [-0.2, 0) is 28.9 Å². The Morgan fingerprint density at radius 3 is 2.64 bits per heavy atom. The summed E-state index contributed by atoms with van der Waals surface area (Å²) in [5.41, 5.74) is 15.0. The molecule has 2 fully saturated rings. The molecule has 2 aliphatic heterocycles. The molecule has 0 bridgehead atoms. The number of H-pyrrole nitrogens is 1. The normalized spacial score (nSPS) is 24.5. The highest BCUT2D eigenvalue weighted by molar-refractivity contribution is 7.20. The Morgan fingerprint density at radius 2 is 1.86 bits per heavy atom. The first-order chi connectivity index (χ1) is 20.3. The lowest BCUT2D eigenvalue weighted by Gasteiger charge is -2.43. The fraction of sp³-hybridized carbons (Fsp3) is 0.387. The Labute approximate surface area is 246 Å². The molecule has 11 heteroatoms. The lowest BCUT2D eigenvalue weighted by molar-refractivity contribution is -0.148. The third kappa shape index (κ3) is 4.66. The molecular formula is C31H33N7O3S. The number of aromatic amines is 1. The van der Waals surface area contributed by atoms with Crippen molar-refractivity contribution >= 4 is 45.1 Å². The number of anilines is 1. The first-order valence-corrected chi connectivity index (χ1v) is 15.3. The second kappa shape index (κ2) is 10.3. The maximum atomic E-state index is 14.0. The predicted octanol–water partition coefficient (Wildman–Crippen LogP) is 2.78. The van der Waals surface area contributed by atoms with Crippen molar-refractivity contribution in [2.45, 2.75) is 68.6 Å². The topological polar surface area (TPSA) is 160 Å². The number of nitrogens with zero attached hydrogens (tertiary/aromatic N) is 3. The van der Waals surface area contributed by atoms with E-state index >= 15 is 0 Å². The van der Waals surface area contributed by atoms with Gasteiger partial charge in [0.2, 0.25) is 17.6 Å². The number of fused-ring (bicyclic) bond motifs is 3. The van der Waals surface area contributed by atoms with Crippen LogP contribution in [-0.4, -0.2) is 61.1 Å². The van der Waals surface area contributed by atoms with E-state index in [1.54, 1.807) is 4.90 Å². The van der Waals surface area contributed by atoms with E-state index in [-0.39, 0.29) is 29.6 Å². The largest absolute Gasteiger partial charge is 0.369 e. The van der Waals surface area contributed by atoms with Crippen LogP contribution in [0.3, 0.4) is 0 Å². The molecule has 42 heavy (non-hydrogen) atoms. The summed E-state index contributed by atoms with van der Waals surface area (Å²) in [6.45, 7) is 0. The number of imidazole rings is 1. The molecule has 7 rings (SSSR count). The fourth-order valence-corrected chi connectivity index (χ4v) is 7.97. The van der Waals surface area contributed by atoms with Gasteiger partial charge in [-0.25, -0.2) is 9.97 Å². The van der Waals surface area contributed by atoms with Crippen LogP contribution >= 0.6 is 11.3 Å². The van der Waals surface area contributed by atoms with Crippen LogP contribution in [0.15, 0.2) is 54.6 Å². The van der Waals surface area contributed by atoms with Crippen LogP contribution in [0, 0.1) is 5.92 Å². The smallest absolute Gasteiger partial charge is 0.243 e. The first kappa shape index (κ1) is 26.8. The number of nitrogen functional groups attached to an aromatic ring is 1. The summed E-state index contributed by atoms with van der Waals surface area (Å²) in [6.07, 6.45) is 4.04. The van der Waals surface area contributed by atoms with E-state index in [4.69, 9.17) is 11.5 Å². The summed E-state index contributed by atoms with van der Waals surface area (Å²) < 4.78 is 0.909. The van der Waals surface area contributed by atoms with Crippen molar-refractivity contribution in [3.63, 3.8) is 0 Å². The summed E-state index contributed by atoms with van der Waals surface area (Å²) in [7, 11) is 0. The van der Waals surface area contributed by atoms with Crippen LogP contribution in [0.25, 0.3) is 10.2 Å². The van der Waals surface area contributed by atoms with Crippen molar-refractivity contribution in [1.82, 2.24) is 25.2 Å². The van der Waals surface area contributed by atoms with Crippen molar-refractivity contribution in [2.24, 2.45) is 11.7 Å². The SMILES string of the molecule is Nc1nc2c([nH]1)CC([C@H](NC(=O)[C@@H]1CC[C@@H]3CC[C@@](N)(Cc4ccccc4)C(=O)N31)C(=O)c1nc3ccccc3s1)C2. The number of hydrogen-bond donors (Lipinski definition) is 4. The minimum absolute atomic E-state index is 0.0300. The number of ketones is 1. The number of piperidine rings is 1. The minimum Gasteiger partial charge on any atom is -0.369 e. The average molecular weight is 584 g/mol. The number of rotatable bonds is 7. The van der Waals surface area contributed by atoms with Gasteiger partial charge >= 0.3 is 0 Å². The van der Waals surface area contributed by atoms with Gasteiger partial charge in [-0.05, 0) is 68.6 Å². The minimum atomic E-state index is -1.07. The average Bonchev–Trinajstić information content (AvgIpc) is 3.76. The van der Waals surface area contributed by atoms with Gasteiger partial charge in [-0.2, -0.15) is 0 Å². The molecule has 4 aromatic rings. The molecule has 5 atom stereocenters. The molecule has 2 amide bonds. The maximum absolute atomic E-state index is 14.0. The van der Waals surface area contributed by atoms with Crippen molar-refractivity contribution in [3.8, 4) is 0 Å². The van der Waals surface area contributed by atoms with Crippen LogP contribution < -0.4 is 16.8 Å². The zero-order valence-electron chi connectivity index (χ0n) is 23.1. The molecule has 3 aliphatic rings. The lowest BCUT2D eigenvalue weighted by Crippen LogP contribution is -2.65. The van der Waals surface area contributed by atoms with Gasteiger partial charge in [-0.1, -0.05) is 42.5 Å². The second-order valence-electron chi connectivity index (χ2n) is 11.9. The Balaban J connectivity index is 1.15. The molecule has 0 radical (unpaired) electrons. The number of carbonyl (C=O) groups excluding carboxylic acids is 3. The van der Waals surface area contributed by atoms with Crippen molar-refractivity contribution in [3.05, 3.63) is 76.6 Å². The van der Waals surface area contributed by atoms with E-state index in [1.807, 2.05) is 54.6 Å². The number of Topliss-reactive ketones (excluding diaryl/α,β-unsaturated/α-hetero) is 1. The second-order valence-corrected chi connectivity index (χ2v) is 12.9. The summed E-state index contributed by atoms with van der Waals surface area (Å²) in [5, 5.41) is 3.44. The number of benzene rings is 2. The summed E-state index contributed by atoms with van der Waals surface area (Å²) in [5.74, 6) is -0.617. The van der Waals surface area contributed by atoms with Gasteiger partial charge < -0.3 is 26.7 Å². The van der Waals surface area contributed by atoms with Gasteiger partial charge in [-0.3, -0.25) is 14.4 Å². The van der Waals surface area contributed by atoms with Crippen molar-refractivity contribution < 1.29 is 14.4 Å². The van der Waals surface area contributed by atoms with E-state index < -0.39 is 17.6 Å². The Kier molecular flexibility index (Phi) is 6.58. The Hall–Kier alpha value is -4.09. The monoisotopic (exact) mass is 583 g/mol. The third-order valence-electron chi connectivity index (χ3n) is 9.11. The van der Waals surface area contributed by atoms with E-state index in [2.05, 4.69) is 20.3 Å². The Morgan fingerprint density at radius 1 is 1.07 bits per heavy atom. The van der Waals surface area contributed by atoms with Crippen molar-refractivity contribution in [1.29, 1.82) is 0 Å². The fourth-order valence-electron chi connectivity index (χ4n) is 7.02. The molecule has 10 nitrogen and oxygen atoms in total. The highest BCUT2D eigenvalue weighted by Gasteiger charge is 2.52. The van der Waals surface area contributed by atoms with Crippen molar-refractivity contribution in [2.75, 3.05) is 5.73 Å². The molecule has 2 aromatic heterocycles. The van der Waals surface area contributed by atoms with E-state index in [9.17, 15) is 14.4 Å². The van der Waals surface area contributed by atoms with E-state index in [0.29, 0.717) is 43.1 Å². The highest BCUT2D eigenvalue weighted by Crippen LogP contribution is 2.38. The molecule has 0 spiro atoms. The number of aromatic nitrogens is 3. The van der Waals surface area contributed by atoms with Gasteiger partial charge in [-0.15, -0.1) is 11.3 Å². The quantitative estimate of drug-likeness (QED) is 0.243. The summed E-state index contributed by atoms with van der Waals surface area (Å²) >= 11 is 1.32. The first-order valence-electron chi connectivity index (χ1n) is 14.5. The van der Waals surface area contributed by atoms with Gasteiger partial charge in [0.25, 0.3) is 0 Å². The number of thiazole rings is 1. The zero-order valence-corrected chi connectivity index (χ0v) is 23.9. The molecule has 216 valence electrons. The third-order valence-corrected chi connectivity index (χ3v) is 10.2. The van der Waals surface area contributed by atoms with E-state index in [1.165, 1.54) is 11.3 Å². The number of nitrogens with two attached hydrogens (primary N) is 2. The highest BCUT2D eigenvalue weighted by atomic mass is 32.1. The van der Waals surface area contributed by atoms with Crippen LogP contribution in [0.1, 0.15) is 52.4 Å². The number of amides is 2. The number of nitrogens with one attached hydrogen (secondary N) is 2. The van der Waals surface area contributed by atoms with Gasteiger partial charge in [0.05, 0.1) is 27.5 Å². The number of carbonyl (C=O) groups is 3. The maximum Gasteiger partial charge on any atom is 0.243 e. The predicted molar refractivity (Wildman–Crippen MR) is 160 cm³/mol. The molecule has 1 unspecified atom stereocenters. The summed E-state index contributed by atoms with van der Waals surface area (Å²) in [4.78, 5) is 55.7. The van der Waals surface area contributed by atoms with Gasteiger partial charge in [0, 0.05) is 11.7 Å². The number of para-hydroxylation sites is 1. The Bertz CT molecular complexity index is 1630. The zero-order chi connectivity index (χ0) is 29.0. The van der Waals surface area contributed by atoms with Gasteiger partial charge in [0.1, 0.15) is 6.04 Å². The summed E-state index contributed by atoms with van der Waals surface area (Å²) in [6, 6.07) is 15.8. The van der Waals surface area contributed by atoms with Crippen LogP contribution in [0.4, 0.5) is 5.95 Å². The molecule has 4 heterocycles. The number of hydrogen-bond acceptors (Lipinski definition) is 8. The van der Waals surface area contributed by atoms with Crippen LogP contribution in [0.2, 0.25) is 0 Å².